The van der Waals surface area contributed by atoms with Crippen LogP contribution in [0.2, 0.25) is 5.15 Å². The minimum atomic E-state index is 0.111. The average Bonchev–Trinajstić information content (AvgIpc) is 3.04. The Hall–Kier alpha value is -2.41. The number of nitrogen functional groups attached to an aromatic ring is 1. The third-order valence-electron chi connectivity index (χ3n) is 3.97. The summed E-state index contributed by atoms with van der Waals surface area (Å²) >= 11 is 6.32. The summed E-state index contributed by atoms with van der Waals surface area (Å²) in [6.45, 7) is 16.3. The topological polar surface area (TPSA) is 91.2 Å². The quantitative estimate of drug-likeness (QED) is 0.298. The van der Waals surface area contributed by atoms with E-state index in [0.29, 0.717) is 23.1 Å². The molecule has 7 nitrogen and oxygen atoms in total. The lowest BCUT2D eigenvalue weighted by Crippen LogP contribution is -2.07. The van der Waals surface area contributed by atoms with Gasteiger partial charge in [0.2, 0.25) is 5.95 Å². The number of fused-ring (bicyclic) bond motifs is 1. The van der Waals surface area contributed by atoms with Gasteiger partial charge in [-0.1, -0.05) is 52.8 Å². The van der Waals surface area contributed by atoms with Crippen molar-refractivity contribution < 1.29 is 4.74 Å². The maximum atomic E-state index is 6.32. The molecule has 2 rings (SSSR count). The number of hydrogen-bond donors (Lipinski definition) is 1. The van der Waals surface area contributed by atoms with Crippen LogP contribution in [0.25, 0.3) is 11.0 Å². The van der Waals surface area contributed by atoms with Gasteiger partial charge in [0.05, 0.1) is 30.4 Å². The summed E-state index contributed by atoms with van der Waals surface area (Å²) in [6.07, 6.45) is 2.65. The molecule has 2 aromatic rings. The van der Waals surface area contributed by atoms with E-state index in [9.17, 15) is 0 Å². The maximum absolute atomic E-state index is 6.32. The summed E-state index contributed by atoms with van der Waals surface area (Å²) in [5.74, 6) is 0.825. The van der Waals surface area contributed by atoms with E-state index in [2.05, 4.69) is 21.5 Å². The van der Waals surface area contributed by atoms with Gasteiger partial charge in [0.25, 0.3) is 0 Å². The fraction of sp³-hybridized carbons (Fsp3) is 0.500. The van der Waals surface area contributed by atoms with E-state index >= 15 is 0 Å². The Morgan fingerprint density at radius 2 is 2.00 bits per heavy atom. The van der Waals surface area contributed by atoms with Crippen LogP contribution in [0.1, 0.15) is 59.6 Å². The van der Waals surface area contributed by atoms with Gasteiger partial charge < -0.3 is 10.5 Å². The summed E-state index contributed by atoms with van der Waals surface area (Å²) in [6, 6.07) is 0. The minimum absolute atomic E-state index is 0.111. The van der Waals surface area contributed by atoms with Crippen LogP contribution < -0.4 is 5.73 Å². The average molecular weight is 407 g/mol. The van der Waals surface area contributed by atoms with Crippen molar-refractivity contribution in [3.8, 4) is 0 Å². The van der Waals surface area contributed by atoms with Crippen molar-refractivity contribution in [3.63, 3.8) is 0 Å². The van der Waals surface area contributed by atoms with Gasteiger partial charge in [-0.3, -0.25) is 4.99 Å². The summed E-state index contributed by atoms with van der Waals surface area (Å²) in [4.78, 5) is 13.0. The summed E-state index contributed by atoms with van der Waals surface area (Å²) < 4.78 is 7.01. The molecule has 154 valence electrons. The normalized spacial score (nSPS) is 12.2. The number of halogens is 1. The summed E-state index contributed by atoms with van der Waals surface area (Å²) in [7, 11) is 1.58. The zero-order valence-electron chi connectivity index (χ0n) is 17.9. The number of aromatic nitrogens is 4. The van der Waals surface area contributed by atoms with Crippen LogP contribution >= 0.6 is 11.6 Å². The highest BCUT2D eigenvalue weighted by Crippen LogP contribution is 2.30. The minimum Gasteiger partial charge on any atom is -0.497 e. The van der Waals surface area contributed by atoms with Crippen molar-refractivity contribution in [2.45, 2.75) is 60.4 Å². The van der Waals surface area contributed by atoms with E-state index in [1.807, 2.05) is 47.8 Å². The van der Waals surface area contributed by atoms with Gasteiger partial charge in [0.1, 0.15) is 10.9 Å². The number of methoxy groups -OCH3 is 1. The third-order valence-corrected chi connectivity index (χ3v) is 4.24. The Balaban J connectivity index is 0.00000190. The van der Waals surface area contributed by atoms with Crippen LogP contribution in [0.3, 0.4) is 0 Å². The first-order valence-electron chi connectivity index (χ1n) is 9.45. The fourth-order valence-electron chi connectivity index (χ4n) is 2.50. The molecule has 0 spiro atoms. The number of hydrogen-bond acceptors (Lipinski definition) is 6. The number of nitrogens with two attached hydrogens (primary N) is 1. The van der Waals surface area contributed by atoms with Crippen LogP contribution in [0.4, 0.5) is 5.95 Å². The molecule has 0 aliphatic heterocycles. The number of anilines is 1. The Bertz CT molecular complexity index is 882. The van der Waals surface area contributed by atoms with Crippen LogP contribution in [0.5, 0.6) is 0 Å². The molecular weight excluding hydrogens is 376 g/mol. The predicted octanol–water partition coefficient (Wildman–Crippen LogP) is 5.13. The predicted molar refractivity (Wildman–Crippen MR) is 118 cm³/mol. The van der Waals surface area contributed by atoms with Crippen molar-refractivity contribution in [2.75, 3.05) is 12.8 Å². The Kier molecular flexibility index (Phi) is 9.12. The lowest BCUT2D eigenvalue weighted by Gasteiger charge is -2.11. The van der Waals surface area contributed by atoms with E-state index in [4.69, 9.17) is 27.2 Å². The SMILES string of the molecule is C=C(OC)/C(C)=C(/Cn1nc(C(C)C)c2c(Cl)nc(N)nc21)N=CCC.CC. The second kappa shape index (κ2) is 10.8. The van der Waals surface area contributed by atoms with Gasteiger partial charge in [-0.2, -0.15) is 10.1 Å². The van der Waals surface area contributed by atoms with Gasteiger partial charge in [-0.15, -0.1) is 0 Å². The van der Waals surface area contributed by atoms with Crippen molar-refractivity contribution in [3.05, 3.63) is 34.5 Å². The molecular formula is C20H31ClN6O. The number of aliphatic imine (C=N–C) groups is 1. The Morgan fingerprint density at radius 3 is 2.54 bits per heavy atom. The third kappa shape index (κ3) is 5.32. The van der Waals surface area contributed by atoms with Crippen LogP contribution in [0, 0.1) is 0 Å². The molecule has 0 saturated carbocycles. The zero-order chi connectivity index (χ0) is 21.4. The van der Waals surface area contributed by atoms with Crippen LogP contribution in [0.15, 0.2) is 28.6 Å². The highest BCUT2D eigenvalue weighted by Gasteiger charge is 2.20. The van der Waals surface area contributed by atoms with E-state index in [1.165, 1.54) is 0 Å². The van der Waals surface area contributed by atoms with E-state index in [1.54, 1.807) is 11.8 Å². The maximum Gasteiger partial charge on any atom is 0.223 e. The molecule has 2 N–H and O–H groups in total. The van der Waals surface area contributed by atoms with Crippen LogP contribution in [-0.4, -0.2) is 33.1 Å². The lowest BCUT2D eigenvalue weighted by atomic mass is 10.1. The second-order valence-corrected chi connectivity index (χ2v) is 6.55. The highest BCUT2D eigenvalue weighted by molar-refractivity contribution is 6.34. The van der Waals surface area contributed by atoms with Crippen molar-refractivity contribution >= 4 is 34.8 Å². The first kappa shape index (κ1) is 23.6. The molecule has 0 bridgehead atoms. The summed E-state index contributed by atoms with van der Waals surface area (Å²) in [5.41, 5.74) is 8.84. The fourth-order valence-corrected chi connectivity index (χ4v) is 2.77. The van der Waals surface area contributed by atoms with Crippen LogP contribution in [-0.2, 0) is 11.3 Å². The molecule has 0 aliphatic rings. The molecule has 8 heteroatoms. The summed E-state index contributed by atoms with van der Waals surface area (Å²) in [5, 5.41) is 5.73. The van der Waals surface area contributed by atoms with Gasteiger partial charge in [0, 0.05) is 11.8 Å². The lowest BCUT2D eigenvalue weighted by molar-refractivity contribution is 0.301. The Morgan fingerprint density at radius 1 is 1.36 bits per heavy atom. The van der Waals surface area contributed by atoms with E-state index in [-0.39, 0.29) is 11.9 Å². The largest absolute Gasteiger partial charge is 0.497 e. The number of ether oxygens (including phenoxy) is 1. The number of rotatable bonds is 7. The molecule has 0 amide bonds. The Labute approximate surface area is 172 Å². The first-order chi connectivity index (χ1) is 13.3. The molecule has 0 aromatic carbocycles. The van der Waals surface area contributed by atoms with Gasteiger partial charge >= 0.3 is 0 Å². The number of nitrogens with zero attached hydrogens (tertiary/aromatic N) is 5. The highest BCUT2D eigenvalue weighted by atomic mass is 35.5. The molecule has 2 aromatic heterocycles. The molecule has 2 heterocycles. The van der Waals surface area contributed by atoms with Crippen molar-refractivity contribution in [2.24, 2.45) is 4.99 Å². The number of allylic oxidation sites excluding steroid dienone is 2. The van der Waals surface area contributed by atoms with Crippen molar-refractivity contribution in [1.82, 2.24) is 19.7 Å². The zero-order valence-corrected chi connectivity index (χ0v) is 18.6. The molecule has 0 atom stereocenters. The van der Waals surface area contributed by atoms with Gasteiger partial charge in [-0.25, -0.2) is 9.67 Å². The van der Waals surface area contributed by atoms with Gasteiger partial charge in [0.15, 0.2) is 5.65 Å². The van der Waals surface area contributed by atoms with Crippen molar-refractivity contribution in [1.29, 1.82) is 0 Å². The molecule has 28 heavy (non-hydrogen) atoms. The molecule has 0 radical (unpaired) electrons. The molecule has 0 fully saturated rings. The monoisotopic (exact) mass is 406 g/mol. The molecule has 0 saturated heterocycles. The second-order valence-electron chi connectivity index (χ2n) is 6.19. The van der Waals surface area contributed by atoms with E-state index < -0.39 is 0 Å². The molecule has 0 unspecified atom stereocenters. The van der Waals surface area contributed by atoms with Gasteiger partial charge in [-0.05, 0) is 19.3 Å². The van der Waals surface area contributed by atoms with E-state index in [0.717, 1.165) is 28.8 Å². The first-order valence-corrected chi connectivity index (χ1v) is 9.82. The molecule has 0 aliphatic carbocycles. The smallest absolute Gasteiger partial charge is 0.223 e. The standard InChI is InChI=1S/C18H25ClN6O.C2H6/c1-7-8-21-13(11(4)12(5)26-6)9-25-17-14(15(24-25)10(2)3)16(19)22-18(20)23-17;1-2/h8,10H,5,7,9H2,1-4,6H3,(H2,20,22,23);1-2H3/b13-11-,21-8?;.